The molecule has 0 aromatic carbocycles. The maximum Gasteiger partial charge on any atom is 0.205 e. The lowest BCUT2D eigenvalue weighted by Gasteiger charge is -2.02. The van der Waals surface area contributed by atoms with Crippen molar-refractivity contribution in [2.45, 2.75) is 25.9 Å². The van der Waals surface area contributed by atoms with Crippen LogP contribution in [0.2, 0.25) is 0 Å². The van der Waals surface area contributed by atoms with E-state index >= 15 is 0 Å². The number of hydrogen-bond acceptors (Lipinski definition) is 7. The summed E-state index contributed by atoms with van der Waals surface area (Å²) in [6.07, 6.45) is 2.38. The van der Waals surface area contributed by atoms with Crippen molar-refractivity contribution in [3.8, 4) is 9.88 Å². The SMILES string of the molecule is CNc1nnc(-c2sc(C3CCCO3)nc2C)s1. The van der Waals surface area contributed by atoms with E-state index in [9.17, 15) is 0 Å². The lowest BCUT2D eigenvalue weighted by Crippen LogP contribution is -1.94. The van der Waals surface area contributed by atoms with Gasteiger partial charge in [0.15, 0.2) is 5.01 Å². The van der Waals surface area contributed by atoms with Crippen molar-refractivity contribution in [2.75, 3.05) is 19.0 Å². The van der Waals surface area contributed by atoms with Crippen molar-refractivity contribution in [1.82, 2.24) is 15.2 Å². The molecular formula is C11H14N4OS2. The molecule has 18 heavy (non-hydrogen) atoms. The van der Waals surface area contributed by atoms with Crippen LogP contribution in [0.15, 0.2) is 0 Å². The number of thiazole rings is 1. The van der Waals surface area contributed by atoms with Crippen molar-refractivity contribution in [2.24, 2.45) is 0 Å². The Balaban J connectivity index is 1.92. The lowest BCUT2D eigenvalue weighted by atomic mass is 10.2. The molecule has 1 aliphatic rings. The first-order chi connectivity index (χ1) is 8.78. The number of anilines is 1. The molecule has 0 bridgehead atoms. The van der Waals surface area contributed by atoms with Gasteiger partial charge in [-0.3, -0.25) is 0 Å². The van der Waals surface area contributed by atoms with Gasteiger partial charge in [0.05, 0.1) is 10.6 Å². The standard InChI is InChI=1S/C11H14N4OS2/c1-6-8(10-14-15-11(12-2)18-10)17-9(13-6)7-4-3-5-16-7/h7H,3-5H2,1-2H3,(H,12,15). The van der Waals surface area contributed by atoms with Crippen molar-refractivity contribution in [1.29, 1.82) is 0 Å². The average Bonchev–Trinajstić information content (AvgIpc) is 3.08. The minimum absolute atomic E-state index is 0.180. The number of nitrogens with one attached hydrogen (secondary N) is 1. The molecule has 0 saturated carbocycles. The summed E-state index contributed by atoms with van der Waals surface area (Å²) in [5.74, 6) is 0. The van der Waals surface area contributed by atoms with E-state index in [-0.39, 0.29) is 6.10 Å². The Hall–Kier alpha value is -1.05. The highest BCUT2D eigenvalue weighted by Gasteiger charge is 2.23. The largest absolute Gasteiger partial charge is 0.371 e. The van der Waals surface area contributed by atoms with Crippen LogP contribution in [0.25, 0.3) is 9.88 Å². The van der Waals surface area contributed by atoms with Crippen LogP contribution >= 0.6 is 22.7 Å². The molecule has 3 heterocycles. The van der Waals surface area contributed by atoms with Crippen LogP contribution in [0, 0.1) is 6.92 Å². The maximum absolute atomic E-state index is 5.67. The average molecular weight is 282 g/mol. The number of nitrogens with zero attached hydrogens (tertiary/aromatic N) is 3. The van der Waals surface area contributed by atoms with Gasteiger partial charge in [0.1, 0.15) is 11.1 Å². The highest BCUT2D eigenvalue weighted by Crippen LogP contribution is 2.38. The minimum atomic E-state index is 0.180. The zero-order chi connectivity index (χ0) is 12.5. The number of ether oxygens (including phenoxy) is 1. The Morgan fingerprint density at radius 1 is 1.33 bits per heavy atom. The molecule has 96 valence electrons. The summed E-state index contributed by atoms with van der Waals surface area (Å²) in [5.41, 5.74) is 1.02. The van der Waals surface area contributed by atoms with Crippen LogP contribution < -0.4 is 5.32 Å². The van der Waals surface area contributed by atoms with Gasteiger partial charge < -0.3 is 10.1 Å². The molecular weight excluding hydrogens is 268 g/mol. The number of hydrogen-bond donors (Lipinski definition) is 1. The fourth-order valence-corrected chi connectivity index (χ4v) is 3.91. The fourth-order valence-electron chi connectivity index (χ4n) is 1.94. The van der Waals surface area contributed by atoms with Gasteiger partial charge in [0.25, 0.3) is 0 Å². The summed E-state index contributed by atoms with van der Waals surface area (Å²) in [5, 5.41) is 14.1. The summed E-state index contributed by atoms with van der Waals surface area (Å²) in [7, 11) is 1.85. The molecule has 1 N–H and O–H groups in total. The summed E-state index contributed by atoms with van der Waals surface area (Å²) < 4.78 is 5.67. The maximum atomic E-state index is 5.67. The van der Waals surface area contributed by atoms with Gasteiger partial charge in [-0.25, -0.2) is 4.98 Å². The summed E-state index contributed by atoms with van der Waals surface area (Å²) in [6.45, 7) is 2.87. The molecule has 1 saturated heterocycles. The van der Waals surface area contributed by atoms with E-state index in [1.807, 2.05) is 14.0 Å². The normalized spacial score (nSPS) is 19.3. The van der Waals surface area contributed by atoms with Gasteiger partial charge in [-0.1, -0.05) is 11.3 Å². The van der Waals surface area contributed by atoms with Gasteiger partial charge in [0, 0.05) is 13.7 Å². The molecule has 0 spiro atoms. The predicted molar refractivity (Wildman–Crippen MR) is 73.2 cm³/mol. The van der Waals surface area contributed by atoms with Crippen LogP contribution in [-0.2, 0) is 4.74 Å². The second-order valence-electron chi connectivity index (χ2n) is 4.13. The quantitative estimate of drug-likeness (QED) is 0.938. The van der Waals surface area contributed by atoms with Gasteiger partial charge in [-0.15, -0.1) is 21.5 Å². The Morgan fingerprint density at radius 2 is 2.22 bits per heavy atom. The molecule has 1 fully saturated rings. The molecule has 1 unspecified atom stereocenters. The van der Waals surface area contributed by atoms with E-state index in [1.54, 1.807) is 22.7 Å². The van der Waals surface area contributed by atoms with Crippen LogP contribution in [0.1, 0.15) is 29.6 Å². The highest BCUT2D eigenvalue weighted by atomic mass is 32.1. The van der Waals surface area contributed by atoms with E-state index in [2.05, 4.69) is 20.5 Å². The second-order valence-corrected chi connectivity index (χ2v) is 6.14. The summed E-state index contributed by atoms with van der Waals surface area (Å²) in [6, 6.07) is 0. The number of aryl methyl sites for hydroxylation is 1. The molecule has 5 nitrogen and oxygen atoms in total. The Bertz CT molecular complexity index is 545. The summed E-state index contributed by atoms with van der Waals surface area (Å²) in [4.78, 5) is 5.73. The van der Waals surface area contributed by atoms with Gasteiger partial charge >= 0.3 is 0 Å². The van der Waals surface area contributed by atoms with Crippen LogP contribution in [0.5, 0.6) is 0 Å². The van der Waals surface area contributed by atoms with Gasteiger partial charge in [-0.05, 0) is 19.8 Å². The highest BCUT2D eigenvalue weighted by molar-refractivity contribution is 7.23. The van der Waals surface area contributed by atoms with Crippen molar-refractivity contribution in [3.63, 3.8) is 0 Å². The fraction of sp³-hybridized carbons (Fsp3) is 0.545. The van der Waals surface area contributed by atoms with Gasteiger partial charge in [-0.2, -0.15) is 0 Å². The van der Waals surface area contributed by atoms with Crippen LogP contribution in [0.4, 0.5) is 5.13 Å². The molecule has 0 amide bonds. The van der Waals surface area contributed by atoms with Gasteiger partial charge in [0.2, 0.25) is 5.13 Å². The zero-order valence-corrected chi connectivity index (χ0v) is 11.9. The predicted octanol–water partition coefficient (Wildman–Crippen LogP) is 2.86. The monoisotopic (exact) mass is 282 g/mol. The Morgan fingerprint density at radius 3 is 2.89 bits per heavy atom. The topological polar surface area (TPSA) is 59.9 Å². The number of rotatable bonds is 3. The minimum Gasteiger partial charge on any atom is -0.371 e. The van der Waals surface area contributed by atoms with Crippen molar-refractivity contribution < 1.29 is 4.74 Å². The van der Waals surface area contributed by atoms with Crippen molar-refractivity contribution >= 4 is 27.8 Å². The Kier molecular flexibility index (Phi) is 3.27. The molecule has 0 radical (unpaired) electrons. The summed E-state index contributed by atoms with van der Waals surface area (Å²) >= 11 is 3.23. The molecule has 1 aliphatic heterocycles. The van der Waals surface area contributed by atoms with E-state index in [0.29, 0.717) is 0 Å². The van der Waals surface area contributed by atoms with E-state index < -0.39 is 0 Å². The molecule has 1 atom stereocenters. The van der Waals surface area contributed by atoms with E-state index in [0.717, 1.165) is 45.2 Å². The molecule has 3 rings (SSSR count). The zero-order valence-electron chi connectivity index (χ0n) is 10.3. The first kappa shape index (κ1) is 12.0. The first-order valence-corrected chi connectivity index (χ1v) is 7.52. The third-order valence-electron chi connectivity index (χ3n) is 2.85. The molecule has 2 aromatic heterocycles. The smallest absolute Gasteiger partial charge is 0.205 e. The second kappa shape index (κ2) is 4.91. The number of aromatic nitrogens is 3. The Labute approximate surface area is 113 Å². The third-order valence-corrected chi connectivity index (χ3v) is 5.20. The molecule has 7 heteroatoms. The van der Waals surface area contributed by atoms with E-state index in [4.69, 9.17) is 4.74 Å². The first-order valence-electron chi connectivity index (χ1n) is 5.88. The molecule has 0 aliphatic carbocycles. The van der Waals surface area contributed by atoms with Crippen LogP contribution in [0.3, 0.4) is 0 Å². The lowest BCUT2D eigenvalue weighted by molar-refractivity contribution is 0.111. The van der Waals surface area contributed by atoms with E-state index in [1.165, 1.54) is 0 Å². The van der Waals surface area contributed by atoms with Crippen molar-refractivity contribution in [3.05, 3.63) is 10.7 Å². The molecule has 2 aromatic rings. The van der Waals surface area contributed by atoms with Crippen LogP contribution in [-0.4, -0.2) is 28.8 Å². The third kappa shape index (κ3) is 2.13.